The van der Waals surface area contributed by atoms with Gasteiger partial charge in [0.05, 0.1) is 6.33 Å². The van der Waals surface area contributed by atoms with E-state index in [1.807, 2.05) is 0 Å². The van der Waals surface area contributed by atoms with Crippen LogP contribution in [0.1, 0.15) is 0 Å². The van der Waals surface area contributed by atoms with Crippen molar-refractivity contribution in [3.8, 4) is 0 Å². The highest BCUT2D eigenvalue weighted by Gasteiger charge is 2.12. The SMILES string of the molecule is CNS(=O)(=O)c1cn(C)cn1. The quantitative estimate of drug-likeness (QED) is 0.648. The zero-order chi connectivity index (χ0) is 8.48. The molecule has 0 aliphatic rings. The molecule has 1 aromatic rings. The molecular weight excluding hydrogens is 166 g/mol. The van der Waals surface area contributed by atoms with Gasteiger partial charge in [-0.05, 0) is 7.05 Å². The Balaban J connectivity index is 3.13. The van der Waals surface area contributed by atoms with Gasteiger partial charge in [0.2, 0.25) is 0 Å². The third-order valence-electron chi connectivity index (χ3n) is 1.23. The largest absolute Gasteiger partial charge is 0.339 e. The molecule has 0 bridgehead atoms. The van der Waals surface area contributed by atoms with Gasteiger partial charge in [-0.25, -0.2) is 18.1 Å². The summed E-state index contributed by atoms with van der Waals surface area (Å²) in [5, 5.41) is 0.0440. The number of imidazole rings is 1. The van der Waals surface area contributed by atoms with Crippen LogP contribution in [-0.2, 0) is 17.1 Å². The van der Waals surface area contributed by atoms with Crippen LogP contribution in [-0.4, -0.2) is 25.0 Å². The Hall–Kier alpha value is -0.880. The highest BCUT2D eigenvalue weighted by Crippen LogP contribution is 2.01. The molecule has 0 saturated carbocycles. The molecule has 0 atom stereocenters. The van der Waals surface area contributed by atoms with E-state index in [0.717, 1.165) is 0 Å². The summed E-state index contributed by atoms with van der Waals surface area (Å²) in [4.78, 5) is 3.67. The number of sulfonamides is 1. The minimum Gasteiger partial charge on any atom is -0.339 e. The summed E-state index contributed by atoms with van der Waals surface area (Å²) < 4.78 is 25.8. The summed E-state index contributed by atoms with van der Waals surface area (Å²) in [6.45, 7) is 0. The van der Waals surface area contributed by atoms with Gasteiger partial charge in [-0.3, -0.25) is 0 Å². The molecule has 11 heavy (non-hydrogen) atoms. The lowest BCUT2D eigenvalue weighted by molar-refractivity contribution is 0.585. The fourth-order valence-electron chi connectivity index (χ4n) is 0.632. The fourth-order valence-corrected chi connectivity index (χ4v) is 1.33. The summed E-state index contributed by atoms with van der Waals surface area (Å²) in [7, 11) is -0.298. The van der Waals surface area contributed by atoms with Crippen LogP contribution >= 0.6 is 0 Å². The maximum Gasteiger partial charge on any atom is 0.259 e. The van der Waals surface area contributed by atoms with E-state index in [2.05, 4.69) is 9.71 Å². The van der Waals surface area contributed by atoms with Crippen molar-refractivity contribution in [2.45, 2.75) is 5.03 Å². The average Bonchev–Trinajstić information content (AvgIpc) is 2.36. The molecule has 0 unspecified atom stereocenters. The van der Waals surface area contributed by atoms with Crippen LogP contribution in [0.3, 0.4) is 0 Å². The van der Waals surface area contributed by atoms with Crippen molar-refractivity contribution in [3.63, 3.8) is 0 Å². The predicted octanol–water partition coefficient (Wildman–Crippen LogP) is -0.672. The highest BCUT2D eigenvalue weighted by molar-refractivity contribution is 7.89. The highest BCUT2D eigenvalue weighted by atomic mass is 32.2. The Morgan fingerprint density at radius 1 is 1.64 bits per heavy atom. The van der Waals surface area contributed by atoms with E-state index in [1.165, 1.54) is 19.6 Å². The lowest BCUT2D eigenvalue weighted by Gasteiger charge is -1.94. The molecule has 5 nitrogen and oxygen atoms in total. The number of hydrogen-bond donors (Lipinski definition) is 1. The van der Waals surface area contributed by atoms with Gasteiger partial charge < -0.3 is 4.57 Å². The van der Waals surface area contributed by atoms with E-state index in [9.17, 15) is 8.42 Å². The van der Waals surface area contributed by atoms with Crippen molar-refractivity contribution in [3.05, 3.63) is 12.5 Å². The topological polar surface area (TPSA) is 64.0 Å². The molecule has 62 valence electrons. The van der Waals surface area contributed by atoms with Crippen LogP contribution in [0.25, 0.3) is 0 Å². The molecule has 1 aromatic heterocycles. The lowest BCUT2D eigenvalue weighted by Crippen LogP contribution is -2.18. The van der Waals surface area contributed by atoms with Crippen LogP contribution in [0.5, 0.6) is 0 Å². The van der Waals surface area contributed by atoms with Crippen LogP contribution in [0.2, 0.25) is 0 Å². The Labute approximate surface area is 65.1 Å². The van der Waals surface area contributed by atoms with Crippen molar-refractivity contribution in [2.75, 3.05) is 7.05 Å². The van der Waals surface area contributed by atoms with Gasteiger partial charge in [0.1, 0.15) is 0 Å². The van der Waals surface area contributed by atoms with Crippen molar-refractivity contribution < 1.29 is 8.42 Å². The minimum absolute atomic E-state index is 0.0440. The maximum atomic E-state index is 11.0. The van der Waals surface area contributed by atoms with Crippen LogP contribution in [0.15, 0.2) is 17.6 Å². The number of nitrogens with one attached hydrogen (secondary N) is 1. The second-order valence-corrected chi connectivity index (χ2v) is 3.92. The molecule has 0 aliphatic heterocycles. The van der Waals surface area contributed by atoms with E-state index in [1.54, 1.807) is 11.6 Å². The Morgan fingerprint density at radius 2 is 2.27 bits per heavy atom. The third kappa shape index (κ3) is 1.58. The Kier molecular flexibility index (Phi) is 1.97. The monoisotopic (exact) mass is 175 g/mol. The van der Waals surface area contributed by atoms with E-state index < -0.39 is 10.0 Å². The average molecular weight is 175 g/mol. The molecule has 6 heteroatoms. The first-order chi connectivity index (χ1) is 5.06. The minimum atomic E-state index is -3.36. The van der Waals surface area contributed by atoms with Gasteiger partial charge in [-0.1, -0.05) is 0 Å². The van der Waals surface area contributed by atoms with E-state index in [4.69, 9.17) is 0 Å². The fraction of sp³-hybridized carbons (Fsp3) is 0.400. The van der Waals surface area contributed by atoms with Gasteiger partial charge >= 0.3 is 0 Å². The summed E-state index contributed by atoms with van der Waals surface area (Å²) in [6, 6.07) is 0. The van der Waals surface area contributed by atoms with Crippen LogP contribution < -0.4 is 4.72 Å². The van der Waals surface area contributed by atoms with E-state index in [-0.39, 0.29) is 5.03 Å². The summed E-state index contributed by atoms with van der Waals surface area (Å²) >= 11 is 0. The third-order valence-corrected chi connectivity index (χ3v) is 2.52. The summed E-state index contributed by atoms with van der Waals surface area (Å²) in [5.41, 5.74) is 0. The van der Waals surface area contributed by atoms with Crippen molar-refractivity contribution in [1.82, 2.24) is 14.3 Å². The first kappa shape index (κ1) is 8.22. The second-order valence-electron chi connectivity index (χ2n) is 2.08. The molecule has 0 radical (unpaired) electrons. The number of aromatic nitrogens is 2. The maximum absolute atomic E-state index is 11.0. The molecular formula is C5H9N3O2S. The molecule has 0 saturated heterocycles. The Bertz CT molecular complexity index is 340. The zero-order valence-electron chi connectivity index (χ0n) is 6.27. The predicted molar refractivity (Wildman–Crippen MR) is 39.5 cm³/mol. The smallest absolute Gasteiger partial charge is 0.259 e. The zero-order valence-corrected chi connectivity index (χ0v) is 7.09. The molecule has 0 fully saturated rings. The molecule has 0 aromatic carbocycles. The second kappa shape index (κ2) is 2.63. The summed E-state index contributed by atoms with van der Waals surface area (Å²) in [6.07, 6.45) is 2.87. The lowest BCUT2D eigenvalue weighted by atomic mass is 10.9. The molecule has 1 N–H and O–H groups in total. The molecule has 0 spiro atoms. The number of aryl methyl sites for hydroxylation is 1. The standard InChI is InChI=1S/C5H9N3O2S/c1-6-11(9,10)5-3-8(2)4-7-5/h3-4,6H,1-2H3. The van der Waals surface area contributed by atoms with Crippen molar-refractivity contribution in [2.24, 2.45) is 7.05 Å². The molecule has 1 rings (SSSR count). The van der Waals surface area contributed by atoms with E-state index >= 15 is 0 Å². The van der Waals surface area contributed by atoms with Gasteiger partial charge in [0, 0.05) is 13.2 Å². The van der Waals surface area contributed by atoms with Crippen LogP contribution in [0, 0.1) is 0 Å². The van der Waals surface area contributed by atoms with Gasteiger partial charge in [-0.2, -0.15) is 0 Å². The molecule has 0 aliphatic carbocycles. The van der Waals surface area contributed by atoms with E-state index in [0.29, 0.717) is 0 Å². The van der Waals surface area contributed by atoms with Crippen LogP contribution in [0.4, 0.5) is 0 Å². The van der Waals surface area contributed by atoms with Crippen molar-refractivity contribution >= 4 is 10.0 Å². The normalized spacial score (nSPS) is 11.8. The van der Waals surface area contributed by atoms with Crippen molar-refractivity contribution in [1.29, 1.82) is 0 Å². The number of hydrogen-bond acceptors (Lipinski definition) is 3. The molecule has 0 amide bonds. The first-order valence-corrected chi connectivity index (χ1v) is 4.46. The van der Waals surface area contributed by atoms with Gasteiger partial charge in [-0.15, -0.1) is 0 Å². The first-order valence-electron chi connectivity index (χ1n) is 2.98. The van der Waals surface area contributed by atoms with Gasteiger partial charge in [0.15, 0.2) is 5.03 Å². The van der Waals surface area contributed by atoms with Gasteiger partial charge in [0.25, 0.3) is 10.0 Å². The molecule has 1 heterocycles. The number of nitrogens with zero attached hydrogens (tertiary/aromatic N) is 2. The Morgan fingerprint density at radius 3 is 2.64 bits per heavy atom. The summed E-state index contributed by atoms with van der Waals surface area (Å²) in [5.74, 6) is 0. The number of rotatable bonds is 2.